The Kier molecular flexibility index (Phi) is 7.70. The summed E-state index contributed by atoms with van der Waals surface area (Å²) in [6, 6.07) is 4.00. The Balaban J connectivity index is 0.00000361. The smallest absolute Gasteiger partial charge is 0.252 e. The molecule has 0 saturated heterocycles. The van der Waals surface area contributed by atoms with Crippen molar-refractivity contribution in [3.63, 3.8) is 0 Å². The van der Waals surface area contributed by atoms with Crippen LogP contribution in [0.4, 0.5) is 4.39 Å². The van der Waals surface area contributed by atoms with Crippen molar-refractivity contribution in [2.75, 3.05) is 6.54 Å². The molecule has 0 aliphatic heterocycles. The van der Waals surface area contributed by atoms with Crippen molar-refractivity contribution in [1.29, 1.82) is 0 Å². The van der Waals surface area contributed by atoms with Crippen LogP contribution in [0.2, 0.25) is 0 Å². The molecule has 0 bridgehead atoms. The number of nitrogens with two attached hydrogens (primary N) is 1. The quantitative estimate of drug-likeness (QED) is 0.837. The summed E-state index contributed by atoms with van der Waals surface area (Å²) in [5.74, 6) is -0.210. The van der Waals surface area contributed by atoms with Gasteiger partial charge < -0.3 is 11.1 Å². The molecular formula is C14H21BrClFN2O. The second-order valence-electron chi connectivity index (χ2n) is 5.44. The van der Waals surface area contributed by atoms with Crippen LogP contribution in [0.1, 0.15) is 37.6 Å². The van der Waals surface area contributed by atoms with E-state index >= 15 is 0 Å². The molecule has 0 heterocycles. The number of hydrogen-bond donors (Lipinski definition) is 2. The van der Waals surface area contributed by atoms with Gasteiger partial charge in [0.15, 0.2) is 0 Å². The molecule has 20 heavy (non-hydrogen) atoms. The fourth-order valence-electron chi connectivity index (χ4n) is 2.10. The van der Waals surface area contributed by atoms with Gasteiger partial charge in [0.1, 0.15) is 5.82 Å². The second kappa shape index (κ2) is 7.96. The molecule has 1 rings (SSSR count). The Hall–Kier alpha value is -0.650. The molecule has 0 saturated carbocycles. The fourth-order valence-corrected chi connectivity index (χ4v) is 2.63. The average molecular weight is 368 g/mol. The largest absolute Gasteiger partial charge is 0.346 e. The van der Waals surface area contributed by atoms with Gasteiger partial charge in [0.25, 0.3) is 5.91 Å². The molecule has 3 N–H and O–H groups in total. The molecule has 1 atom stereocenters. The van der Waals surface area contributed by atoms with E-state index in [1.807, 2.05) is 6.92 Å². The maximum atomic E-state index is 13.0. The van der Waals surface area contributed by atoms with Crippen molar-refractivity contribution in [3.05, 3.63) is 34.1 Å². The van der Waals surface area contributed by atoms with E-state index in [0.717, 1.165) is 6.42 Å². The van der Waals surface area contributed by atoms with Crippen molar-refractivity contribution in [3.8, 4) is 0 Å². The first-order chi connectivity index (χ1) is 8.77. The predicted octanol–water partition coefficient (Wildman–Crippen LogP) is 3.50. The highest BCUT2D eigenvalue weighted by Crippen LogP contribution is 2.20. The lowest BCUT2D eigenvalue weighted by molar-refractivity contribution is 0.0897. The molecule has 0 fully saturated rings. The van der Waals surface area contributed by atoms with Crippen LogP contribution in [0.25, 0.3) is 0 Å². The van der Waals surface area contributed by atoms with Crippen LogP contribution in [0.15, 0.2) is 22.7 Å². The lowest BCUT2D eigenvalue weighted by Crippen LogP contribution is -2.52. The van der Waals surface area contributed by atoms with Crippen molar-refractivity contribution in [2.45, 2.75) is 32.7 Å². The molecule has 6 heteroatoms. The van der Waals surface area contributed by atoms with Crippen LogP contribution in [-0.2, 0) is 0 Å². The Bertz CT molecular complexity index is 470. The minimum absolute atomic E-state index is 0. The topological polar surface area (TPSA) is 55.1 Å². The molecule has 114 valence electrons. The molecule has 1 unspecified atom stereocenters. The molecule has 0 aliphatic carbocycles. The molecule has 0 aromatic heterocycles. The first-order valence-corrected chi connectivity index (χ1v) is 7.04. The highest BCUT2D eigenvalue weighted by molar-refractivity contribution is 9.10. The normalized spacial score (nSPS) is 13.6. The summed E-state index contributed by atoms with van der Waals surface area (Å²) in [6.07, 6.45) is 0.786. The van der Waals surface area contributed by atoms with E-state index in [1.54, 1.807) is 0 Å². The molecule has 1 amide bonds. The van der Waals surface area contributed by atoms with Crippen LogP contribution in [0.5, 0.6) is 0 Å². The zero-order valence-electron chi connectivity index (χ0n) is 11.9. The van der Waals surface area contributed by atoms with E-state index in [1.165, 1.54) is 18.2 Å². The summed E-state index contributed by atoms with van der Waals surface area (Å²) >= 11 is 3.20. The SMILES string of the molecule is CC(C)CC(C)(CN)NC(=O)c1ccc(F)cc1Br.Cl. The molecule has 1 aromatic rings. The number of rotatable bonds is 5. The van der Waals surface area contributed by atoms with E-state index in [4.69, 9.17) is 5.73 Å². The van der Waals surface area contributed by atoms with Gasteiger partial charge in [-0.15, -0.1) is 12.4 Å². The molecule has 0 spiro atoms. The van der Waals surface area contributed by atoms with E-state index in [0.29, 0.717) is 22.5 Å². The highest BCUT2D eigenvalue weighted by atomic mass is 79.9. The Labute approximate surface area is 134 Å². The van der Waals surface area contributed by atoms with Gasteiger partial charge in [-0.1, -0.05) is 13.8 Å². The summed E-state index contributed by atoms with van der Waals surface area (Å²) in [6.45, 7) is 6.43. The molecule has 0 aliphatic rings. The summed E-state index contributed by atoms with van der Waals surface area (Å²) in [4.78, 5) is 12.2. The van der Waals surface area contributed by atoms with Crippen molar-refractivity contribution in [2.24, 2.45) is 11.7 Å². The van der Waals surface area contributed by atoms with Crippen LogP contribution >= 0.6 is 28.3 Å². The molecular weight excluding hydrogens is 347 g/mol. The van der Waals surface area contributed by atoms with Gasteiger partial charge in [-0.3, -0.25) is 4.79 Å². The maximum Gasteiger partial charge on any atom is 0.252 e. The molecule has 3 nitrogen and oxygen atoms in total. The predicted molar refractivity (Wildman–Crippen MR) is 85.7 cm³/mol. The van der Waals surface area contributed by atoms with E-state index in [9.17, 15) is 9.18 Å². The van der Waals surface area contributed by atoms with Crippen molar-refractivity contribution in [1.82, 2.24) is 5.32 Å². The van der Waals surface area contributed by atoms with Gasteiger partial charge in [-0.2, -0.15) is 0 Å². The van der Waals surface area contributed by atoms with E-state index in [2.05, 4.69) is 35.1 Å². The zero-order valence-corrected chi connectivity index (χ0v) is 14.3. The zero-order chi connectivity index (χ0) is 14.6. The lowest BCUT2D eigenvalue weighted by atomic mass is 9.90. The first-order valence-electron chi connectivity index (χ1n) is 6.25. The standard InChI is InChI=1S/C14H20BrFN2O.ClH/c1-9(2)7-14(3,8-17)18-13(19)11-5-4-10(16)6-12(11)15;/h4-6,9H,7-8,17H2,1-3H3,(H,18,19);1H. The molecule has 0 radical (unpaired) electrons. The van der Waals surface area contributed by atoms with Gasteiger partial charge in [0, 0.05) is 16.6 Å². The van der Waals surface area contributed by atoms with Crippen molar-refractivity contribution < 1.29 is 9.18 Å². The van der Waals surface area contributed by atoms with Crippen LogP contribution in [0, 0.1) is 11.7 Å². The number of hydrogen-bond acceptors (Lipinski definition) is 2. The third kappa shape index (κ3) is 5.38. The monoisotopic (exact) mass is 366 g/mol. The minimum atomic E-state index is -0.459. The minimum Gasteiger partial charge on any atom is -0.346 e. The van der Waals surface area contributed by atoms with Crippen LogP contribution in [0.3, 0.4) is 0 Å². The second-order valence-corrected chi connectivity index (χ2v) is 6.30. The lowest BCUT2D eigenvalue weighted by Gasteiger charge is -2.31. The number of benzene rings is 1. The molecule has 1 aromatic carbocycles. The maximum absolute atomic E-state index is 13.0. The third-order valence-electron chi connectivity index (χ3n) is 2.90. The number of nitrogens with one attached hydrogen (secondary N) is 1. The van der Waals surface area contributed by atoms with Gasteiger partial charge in [-0.25, -0.2) is 4.39 Å². The Morgan fingerprint density at radius 3 is 2.55 bits per heavy atom. The van der Waals surface area contributed by atoms with Gasteiger partial charge in [-0.05, 0) is 53.4 Å². The Morgan fingerprint density at radius 2 is 2.10 bits per heavy atom. The number of halogens is 3. The highest BCUT2D eigenvalue weighted by Gasteiger charge is 2.27. The average Bonchev–Trinajstić information content (AvgIpc) is 2.27. The fraction of sp³-hybridized carbons (Fsp3) is 0.500. The van der Waals surface area contributed by atoms with E-state index in [-0.39, 0.29) is 24.1 Å². The Morgan fingerprint density at radius 1 is 1.50 bits per heavy atom. The first kappa shape index (κ1) is 19.4. The third-order valence-corrected chi connectivity index (χ3v) is 3.56. The number of carbonyl (C=O) groups excluding carboxylic acids is 1. The van der Waals surface area contributed by atoms with Gasteiger partial charge in [0.2, 0.25) is 0 Å². The summed E-state index contributed by atoms with van der Waals surface area (Å²) in [7, 11) is 0. The summed E-state index contributed by atoms with van der Waals surface area (Å²) in [5, 5.41) is 2.93. The van der Waals surface area contributed by atoms with Crippen LogP contribution in [-0.4, -0.2) is 18.0 Å². The number of carbonyl (C=O) groups is 1. The van der Waals surface area contributed by atoms with Gasteiger partial charge in [0.05, 0.1) is 5.56 Å². The van der Waals surface area contributed by atoms with Crippen molar-refractivity contribution >= 4 is 34.2 Å². The number of amides is 1. The summed E-state index contributed by atoms with van der Waals surface area (Å²) in [5.41, 5.74) is 5.71. The van der Waals surface area contributed by atoms with E-state index < -0.39 is 5.54 Å². The van der Waals surface area contributed by atoms with Crippen LogP contribution < -0.4 is 11.1 Å². The van der Waals surface area contributed by atoms with Gasteiger partial charge >= 0.3 is 0 Å². The summed E-state index contributed by atoms with van der Waals surface area (Å²) < 4.78 is 13.4.